The van der Waals surface area contributed by atoms with Gasteiger partial charge in [-0.25, -0.2) is 9.78 Å². The summed E-state index contributed by atoms with van der Waals surface area (Å²) in [5, 5.41) is 11.3. The van der Waals surface area contributed by atoms with E-state index in [9.17, 15) is 14.4 Å². The van der Waals surface area contributed by atoms with Crippen LogP contribution >= 0.6 is 15.9 Å². The first kappa shape index (κ1) is 16.1. The summed E-state index contributed by atoms with van der Waals surface area (Å²) in [5.74, 6) is -2.37. The molecule has 1 atom stereocenters. The van der Waals surface area contributed by atoms with Gasteiger partial charge in [-0.2, -0.15) is 0 Å². The van der Waals surface area contributed by atoms with E-state index in [2.05, 4.69) is 31.0 Å². The van der Waals surface area contributed by atoms with Crippen LogP contribution in [0.25, 0.3) is 0 Å². The molecule has 20 heavy (non-hydrogen) atoms. The lowest BCUT2D eigenvalue weighted by Gasteiger charge is -2.13. The molecule has 108 valence electrons. The van der Waals surface area contributed by atoms with Crippen LogP contribution in [0.3, 0.4) is 0 Å². The first-order chi connectivity index (χ1) is 9.43. The molecule has 1 amide bonds. The number of hydrogen-bond acceptors (Lipinski definition) is 5. The number of amides is 1. The zero-order valence-corrected chi connectivity index (χ0v) is 12.2. The van der Waals surface area contributed by atoms with Gasteiger partial charge in [-0.15, -0.1) is 0 Å². The van der Waals surface area contributed by atoms with E-state index in [1.54, 1.807) is 6.07 Å². The number of pyridine rings is 1. The third-order valence-electron chi connectivity index (χ3n) is 2.43. The molecular formula is C12H13BrN2O5. The number of esters is 1. The Labute approximate surface area is 123 Å². The van der Waals surface area contributed by atoms with Crippen molar-refractivity contribution in [1.29, 1.82) is 0 Å². The summed E-state index contributed by atoms with van der Waals surface area (Å²) in [4.78, 5) is 37.7. The average molecular weight is 345 g/mol. The topological polar surface area (TPSA) is 106 Å². The third kappa shape index (κ3) is 4.96. The zero-order valence-electron chi connectivity index (χ0n) is 10.6. The number of methoxy groups -OCH3 is 1. The highest BCUT2D eigenvalue weighted by Crippen LogP contribution is 2.08. The second-order valence-electron chi connectivity index (χ2n) is 3.84. The molecule has 0 saturated carbocycles. The Morgan fingerprint density at radius 1 is 1.45 bits per heavy atom. The van der Waals surface area contributed by atoms with Gasteiger partial charge in [0.2, 0.25) is 0 Å². The minimum absolute atomic E-state index is 0.0513. The van der Waals surface area contributed by atoms with E-state index in [4.69, 9.17) is 5.11 Å². The fourth-order valence-electron chi connectivity index (χ4n) is 1.36. The number of halogens is 1. The van der Waals surface area contributed by atoms with Crippen molar-refractivity contribution in [3.05, 3.63) is 28.5 Å². The quantitative estimate of drug-likeness (QED) is 0.745. The summed E-state index contributed by atoms with van der Waals surface area (Å²) in [5.41, 5.74) is 0.0949. The minimum Gasteiger partial charge on any atom is -0.480 e. The highest BCUT2D eigenvalue weighted by atomic mass is 79.9. The van der Waals surface area contributed by atoms with E-state index in [0.717, 1.165) is 0 Å². The molecule has 0 radical (unpaired) electrons. The van der Waals surface area contributed by atoms with Crippen molar-refractivity contribution < 1.29 is 24.2 Å². The molecule has 1 rings (SSSR count). The Kier molecular flexibility index (Phi) is 6.10. The number of nitrogens with one attached hydrogen (secondary N) is 1. The van der Waals surface area contributed by atoms with E-state index in [0.29, 0.717) is 4.47 Å². The summed E-state index contributed by atoms with van der Waals surface area (Å²) >= 11 is 3.18. The van der Waals surface area contributed by atoms with Gasteiger partial charge in [-0.3, -0.25) is 9.59 Å². The summed E-state index contributed by atoms with van der Waals surface area (Å²) in [6.45, 7) is 0. The normalized spacial score (nSPS) is 11.5. The molecule has 1 aromatic heterocycles. The summed E-state index contributed by atoms with van der Waals surface area (Å²) in [6, 6.07) is 1.90. The monoisotopic (exact) mass is 344 g/mol. The molecule has 1 heterocycles. The third-order valence-corrected chi connectivity index (χ3v) is 2.90. The van der Waals surface area contributed by atoms with Crippen LogP contribution in [-0.2, 0) is 14.3 Å². The molecule has 0 aliphatic heterocycles. The smallest absolute Gasteiger partial charge is 0.326 e. The maximum atomic E-state index is 11.8. The van der Waals surface area contributed by atoms with E-state index < -0.39 is 23.9 Å². The number of ether oxygens (including phenoxy) is 1. The molecule has 0 saturated heterocycles. The molecule has 0 aliphatic rings. The van der Waals surface area contributed by atoms with Crippen LogP contribution in [0.1, 0.15) is 23.3 Å². The van der Waals surface area contributed by atoms with Gasteiger partial charge in [0.25, 0.3) is 5.91 Å². The summed E-state index contributed by atoms with van der Waals surface area (Å²) in [6.07, 6.45) is 1.28. The van der Waals surface area contributed by atoms with Gasteiger partial charge in [0.1, 0.15) is 11.7 Å². The molecule has 0 spiro atoms. The van der Waals surface area contributed by atoms with Crippen molar-refractivity contribution in [1.82, 2.24) is 10.3 Å². The Balaban J connectivity index is 2.65. The first-order valence-electron chi connectivity index (χ1n) is 5.66. The number of hydrogen-bond donors (Lipinski definition) is 2. The van der Waals surface area contributed by atoms with E-state index in [1.165, 1.54) is 19.4 Å². The fraction of sp³-hybridized carbons (Fsp3) is 0.333. The largest absolute Gasteiger partial charge is 0.480 e. The lowest BCUT2D eigenvalue weighted by atomic mass is 10.1. The second-order valence-corrected chi connectivity index (χ2v) is 4.76. The van der Waals surface area contributed by atoms with Crippen LogP contribution in [0, 0.1) is 0 Å². The summed E-state index contributed by atoms with van der Waals surface area (Å²) in [7, 11) is 1.21. The lowest BCUT2D eigenvalue weighted by Crippen LogP contribution is -2.41. The first-order valence-corrected chi connectivity index (χ1v) is 6.45. The molecule has 0 aliphatic carbocycles. The van der Waals surface area contributed by atoms with Crippen LogP contribution in [0.2, 0.25) is 0 Å². The van der Waals surface area contributed by atoms with Gasteiger partial charge in [-0.05, 0) is 34.5 Å². The van der Waals surface area contributed by atoms with Crippen LogP contribution in [0.15, 0.2) is 22.8 Å². The van der Waals surface area contributed by atoms with Crippen molar-refractivity contribution in [2.24, 2.45) is 0 Å². The minimum atomic E-state index is -1.22. The predicted octanol–water partition coefficient (Wildman–Crippen LogP) is 0.980. The van der Waals surface area contributed by atoms with Crippen molar-refractivity contribution in [3.63, 3.8) is 0 Å². The second kappa shape index (κ2) is 7.59. The van der Waals surface area contributed by atoms with Crippen molar-refractivity contribution >= 4 is 33.8 Å². The van der Waals surface area contributed by atoms with E-state index in [-0.39, 0.29) is 18.5 Å². The average Bonchev–Trinajstić information content (AvgIpc) is 2.43. The number of nitrogens with zero attached hydrogens (tertiary/aromatic N) is 1. The number of carboxylic acid groups (broad SMARTS) is 1. The van der Waals surface area contributed by atoms with Gasteiger partial charge in [0.15, 0.2) is 0 Å². The van der Waals surface area contributed by atoms with E-state index >= 15 is 0 Å². The number of carbonyl (C=O) groups excluding carboxylic acids is 2. The Bertz CT molecular complexity index is 503. The van der Waals surface area contributed by atoms with Crippen LogP contribution in [0.4, 0.5) is 0 Å². The summed E-state index contributed by atoms with van der Waals surface area (Å²) < 4.78 is 5.12. The van der Waals surface area contributed by atoms with Crippen molar-refractivity contribution in [2.45, 2.75) is 18.9 Å². The number of carboxylic acids is 1. The fourth-order valence-corrected chi connectivity index (χ4v) is 1.60. The zero-order chi connectivity index (χ0) is 15.1. The molecule has 0 bridgehead atoms. The maximum Gasteiger partial charge on any atom is 0.326 e. The molecule has 1 unspecified atom stereocenters. The maximum absolute atomic E-state index is 11.8. The number of aliphatic carboxylic acids is 1. The molecule has 2 N–H and O–H groups in total. The standard InChI is InChI=1S/C12H13BrN2O5/c1-20-10(16)5-4-9(12(18)19)15-11(17)8-3-2-7(13)6-14-8/h2-3,6,9H,4-5H2,1H3,(H,15,17)(H,18,19). The number of carbonyl (C=O) groups is 3. The molecule has 1 aromatic rings. The molecule has 8 heteroatoms. The van der Waals surface area contributed by atoms with Gasteiger partial charge in [-0.1, -0.05) is 0 Å². The van der Waals surface area contributed by atoms with Gasteiger partial charge in [0, 0.05) is 17.1 Å². The van der Waals surface area contributed by atoms with Gasteiger partial charge in [0.05, 0.1) is 7.11 Å². The highest BCUT2D eigenvalue weighted by Gasteiger charge is 2.22. The Morgan fingerprint density at radius 2 is 2.15 bits per heavy atom. The SMILES string of the molecule is COC(=O)CCC(NC(=O)c1ccc(Br)cn1)C(=O)O. The Morgan fingerprint density at radius 3 is 2.65 bits per heavy atom. The van der Waals surface area contributed by atoms with Crippen LogP contribution in [-0.4, -0.2) is 41.1 Å². The number of rotatable bonds is 6. The van der Waals surface area contributed by atoms with E-state index in [1.807, 2.05) is 0 Å². The molecular weight excluding hydrogens is 332 g/mol. The van der Waals surface area contributed by atoms with Crippen LogP contribution < -0.4 is 5.32 Å². The molecule has 0 aromatic carbocycles. The van der Waals surface area contributed by atoms with Crippen molar-refractivity contribution in [3.8, 4) is 0 Å². The van der Waals surface area contributed by atoms with Gasteiger partial charge < -0.3 is 15.2 Å². The lowest BCUT2D eigenvalue weighted by molar-refractivity contribution is -0.142. The highest BCUT2D eigenvalue weighted by molar-refractivity contribution is 9.10. The van der Waals surface area contributed by atoms with Crippen molar-refractivity contribution in [2.75, 3.05) is 7.11 Å². The van der Waals surface area contributed by atoms with Gasteiger partial charge >= 0.3 is 11.9 Å². The predicted molar refractivity (Wildman–Crippen MR) is 72.1 cm³/mol. The Hall–Kier alpha value is -1.96. The number of aromatic nitrogens is 1. The molecule has 7 nitrogen and oxygen atoms in total. The molecule has 0 fully saturated rings. The van der Waals surface area contributed by atoms with Crippen LogP contribution in [0.5, 0.6) is 0 Å².